The van der Waals surface area contributed by atoms with Crippen LogP contribution in [0.15, 0.2) is 85.2 Å². The molecule has 2 nitrogen and oxygen atoms in total. The highest BCUT2D eigenvalue weighted by Gasteiger charge is 2.21. The zero-order chi connectivity index (χ0) is 35.7. The fraction of sp³-hybridized carbons (Fsp3) is 0.532. The van der Waals surface area contributed by atoms with E-state index in [-0.39, 0.29) is 0 Å². The Balaban J connectivity index is 0.000000198. The van der Waals surface area contributed by atoms with E-state index in [1.807, 2.05) is 36.7 Å². The third-order valence-corrected chi connectivity index (χ3v) is 12.3. The number of aryl methyl sites for hydroxylation is 2. The summed E-state index contributed by atoms with van der Waals surface area (Å²) in [6, 6.07) is 25.7. The summed E-state index contributed by atoms with van der Waals surface area (Å²) in [4.78, 5) is 8.34. The largest absolute Gasteiger partial charge is 0.244 e. The molecule has 2 saturated carbocycles. The van der Waals surface area contributed by atoms with E-state index < -0.39 is 0 Å². The Morgan fingerprint density at radius 1 is 0.431 bits per heavy atom. The Morgan fingerprint density at radius 3 is 1.14 bits per heavy atom. The van der Waals surface area contributed by atoms with Crippen LogP contribution < -0.4 is 0 Å². The van der Waals surface area contributed by atoms with E-state index in [0.29, 0.717) is 10.3 Å². The molecule has 0 radical (unpaired) electrons. The maximum atomic E-state index is 5.87. The highest BCUT2D eigenvalue weighted by molar-refractivity contribution is 6.29. The van der Waals surface area contributed by atoms with Crippen LogP contribution >= 0.6 is 23.2 Å². The number of benzene rings is 2. The average molecular weight is 726 g/mol. The van der Waals surface area contributed by atoms with Gasteiger partial charge < -0.3 is 0 Å². The Kier molecular flexibility index (Phi) is 16.9. The molecule has 4 heteroatoms. The maximum absolute atomic E-state index is 5.87. The van der Waals surface area contributed by atoms with Crippen LogP contribution in [0, 0.1) is 23.7 Å². The predicted molar refractivity (Wildman–Crippen MR) is 221 cm³/mol. The van der Waals surface area contributed by atoms with Crippen molar-refractivity contribution in [2.75, 3.05) is 0 Å². The van der Waals surface area contributed by atoms with Crippen molar-refractivity contribution >= 4 is 23.2 Å². The van der Waals surface area contributed by atoms with Gasteiger partial charge in [0.25, 0.3) is 0 Å². The minimum absolute atomic E-state index is 0.546. The second kappa shape index (κ2) is 21.8. The van der Waals surface area contributed by atoms with Gasteiger partial charge in [0.05, 0.1) is 0 Å². The maximum Gasteiger partial charge on any atom is 0.129 e. The standard InChI is InChI=1S/C24H32ClN.C23H30ClN/c1-2-3-4-5-19-6-8-20(9-7-19)10-11-21-12-14-22(15-13-21)23-16-17-24(25)26-18-23;1-2-3-4-18-5-7-19(8-6-18)9-10-20-11-13-21(14-12-20)22-15-16-23(24)25-17-22/h12-20H,2-11H2,1H3;11-19H,2-10H2,1H3/t19-,20-;18-,19-. The number of pyridine rings is 2. The number of unbranched alkanes of at least 4 members (excludes halogenated alkanes) is 3. The summed E-state index contributed by atoms with van der Waals surface area (Å²) < 4.78 is 0. The van der Waals surface area contributed by atoms with Crippen molar-refractivity contribution < 1.29 is 0 Å². The van der Waals surface area contributed by atoms with Gasteiger partial charge in [-0.3, -0.25) is 0 Å². The van der Waals surface area contributed by atoms with Crippen molar-refractivity contribution in [3.05, 3.63) is 107 Å². The Hall–Kier alpha value is -2.68. The summed E-state index contributed by atoms with van der Waals surface area (Å²) in [6.45, 7) is 4.61. The lowest BCUT2D eigenvalue weighted by Gasteiger charge is -2.28. The topological polar surface area (TPSA) is 25.8 Å². The molecule has 2 aliphatic carbocycles. The molecule has 274 valence electrons. The Bertz CT molecular complexity index is 1500. The molecule has 0 unspecified atom stereocenters. The number of hydrogen-bond acceptors (Lipinski definition) is 2. The summed E-state index contributed by atoms with van der Waals surface area (Å²) >= 11 is 11.7. The molecule has 6 rings (SSSR count). The average Bonchev–Trinajstić information content (AvgIpc) is 3.18. The van der Waals surface area contributed by atoms with E-state index in [9.17, 15) is 0 Å². The molecule has 4 aromatic rings. The van der Waals surface area contributed by atoms with Gasteiger partial charge in [0.1, 0.15) is 10.3 Å². The molecule has 2 aliphatic rings. The zero-order valence-corrected chi connectivity index (χ0v) is 33.0. The van der Waals surface area contributed by atoms with Gasteiger partial charge in [0, 0.05) is 23.5 Å². The van der Waals surface area contributed by atoms with Gasteiger partial charge in [0.15, 0.2) is 0 Å². The lowest BCUT2D eigenvalue weighted by atomic mass is 9.78. The van der Waals surface area contributed by atoms with Gasteiger partial charge in [-0.05, 0) is 95.9 Å². The van der Waals surface area contributed by atoms with Crippen LogP contribution in [0.2, 0.25) is 10.3 Å². The second-order valence-corrected chi connectivity index (χ2v) is 16.4. The minimum atomic E-state index is 0.546. The molecule has 51 heavy (non-hydrogen) atoms. The molecule has 0 saturated heterocycles. The number of aromatic nitrogens is 2. The van der Waals surface area contributed by atoms with E-state index in [1.54, 1.807) is 0 Å². The van der Waals surface area contributed by atoms with Crippen LogP contribution in [0.5, 0.6) is 0 Å². The molecule has 2 aromatic heterocycles. The van der Waals surface area contributed by atoms with Gasteiger partial charge >= 0.3 is 0 Å². The summed E-state index contributed by atoms with van der Waals surface area (Å²) in [5, 5.41) is 1.09. The molecule has 0 amide bonds. The van der Waals surface area contributed by atoms with Crippen LogP contribution in [0.3, 0.4) is 0 Å². The van der Waals surface area contributed by atoms with Crippen molar-refractivity contribution in [3.63, 3.8) is 0 Å². The summed E-state index contributed by atoms with van der Waals surface area (Å²) in [7, 11) is 0. The normalized spacial score (nSPS) is 20.4. The SMILES string of the molecule is CCCCC[C@H]1CC[C@H](CCc2ccc(-c3ccc(Cl)nc3)cc2)CC1.CCCC[C@H]1CC[C@H](CCc2ccc(-c3ccc(Cl)nc3)cc2)CC1. The molecule has 0 bridgehead atoms. The van der Waals surface area contributed by atoms with Crippen LogP contribution in [0.4, 0.5) is 0 Å². The number of halogens is 2. The summed E-state index contributed by atoms with van der Waals surface area (Å²) in [6.07, 6.45) is 30.4. The van der Waals surface area contributed by atoms with E-state index in [0.717, 1.165) is 34.8 Å². The Morgan fingerprint density at radius 2 is 0.784 bits per heavy atom. The molecule has 0 spiro atoms. The first-order valence-electron chi connectivity index (χ1n) is 20.4. The van der Waals surface area contributed by atoms with Crippen molar-refractivity contribution in [1.82, 2.24) is 9.97 Å². The first-order valence-corrected chi connectivity index (χ1v) is 21.2. The number of rotatable bonds is 15. The molecule has 2 fully saturated rings. The molecule has 0 N–H and O–H groups in total. The van der Waals surface area contributed by atoms with Crippen molar-refractivity contribution in [3.8, 4) is 22.3 Å². The van der Waals surface area contributed by atoms with E-state index in [1.165, 1.54) is 144 Å². The minimum Gasteiger partial charge on any atom is -0.244 e. The van der Waals surface area contributed by atoms with E-state index in [4.69, 9.17) is 23.2 Å². The van der Waals surface area contributed by atoms with Gasteiger partial charge in [-0.15, -0.1) is 0 Å². The zero-order valence-electron chi connectivity index (χ0n) is 31.5. The molecule has 0 atom stereocenters. The lowest BCUT2D eigenvalue weighted by Crippen LogP contribution is -2.15. The quantitative estimate of drug-likeness (QED) is 0.0901. The van der Waals surface area contributed by atoms with Gasteiger partial charge in [-0.2, -0.15) is 0 Å². The van der Waals surface area contributed by atoms with Gasteiger partial charge in [-0.1, -0.05) is 182 Å². The second-order valence-electron chi connectivity index (χ2n) is 15.6. The van der Waals surface area contributed by atoms with Crippen molar-refractivity contribution in [1.29, 1.82) is 0 Å². The molecule has 0 aliphatic heterocycles. The third kappa shape index (κ3) is 13.7. The summed E-state index contributed by atoms with van der Waals surface area (Å²) in [5.74, 6) is 3.92. The molecule has 2 heterocycles. The number of nitrogens with zero attached hydrogens (tertiary/aromatic N) is 2. The van der Waals surface area contributed by atoms with Crippen LogP contribution in [0.1, 0.15) is 134 Å². The lowest BCUT2D eigenvalue weighted by molar-refractivity contribution is 0.249. The van der Waals surface area contributed by atoms with Crippen molar-refractivity contribution in [2.24, 2.45) is 23.7 Å². The smallest absolute Gasteiger partial charge is 0.129 e. The molecule has 2 aromatic carbocycles. The highest BCUT2D eigenvalue weighted by Crippen LogP contribution is 2.36. The van der Waals surface area contributed by atoms with Crippen LogP contribution in [0.25, 0.3) is 22.3 Å². The number of hydrogen-bond donors (Lipinski definition) is 0. The van der Waals surface area contributed by atoms with Crippen LogP contribution in [-0.4, -0.2) is 9.97 Å². The summed E-state index contributed by atoms with van der Waals surface area (Å²) in [5.41, 5.74) is 7.60. The van der Waals surface area contributed by atoms with E-state index >= 15 is 0 Å². The highest BCUT2D eigenvalue weighted by atomic mass is 35.5. The fourth-order valence-electron chi connectivity index (χ4n) is 8.36. The first-order chi connectivity index (χ1) is 25.0. The van der Waals surface area contributed by atoms with Gasteiger partial charge in [-0.25, -0.2) is 9.97 Å². The van der Waals surface area contributed by atoms with Crippen LogP contribution in [-0.2, 0) is 12.8 Å². The van der Waals surface area contributed by atoms with E-state index in [2.05, 4.69) is 72.3 Å². The fourth-order valence-corrected chi connectivity index (χ4v) is 8.58. The molecular weight excluding hydrogens is 663 g/mol. The van der Waals surface area contributed by atoms with Gasteiger partial charge in [0.2, 0.25) is 0 Å². The first kappa shape index (κ1) is 39.5. The third-order valence-electron chi connectivity index (χ3n) is 11.8. The monoisotopic (exact) mass is 724 g/mol. The Labute approximate surface area is 320 Å². The predicted octanol–water partition coefficient (Wildman–Crippen LogP) is 15.1. The van der Waals surface area contributed by atoms with Crippen molar-refractivity contribution in [2.45, 2.75) is 136 Å². The molecular formula is C47H62Cl2N2.